The predicted molar refractivity (Wildman–Crippen MR) is 126 cm³/mol. The Hall–Kier alpha value is -3.69. The van der Waals surface area contributed by atoms with Gasteiger partial charge in [-0.25, -0.2) is 25.2 Å². The van der Waals surface area contributed by atoms with Gasteiger partial charge < -0.3 is 4.90 Å². The molecule has 0 atom stereocenters. The van der Waals surface area contributed by atoms with Crippen molar-refractivity contribution in [3.05, 3.63) is 71.3 Å². The highest BCUT2D eigenvalue weighted by molar-refractivity contribution is 7.92. The van der Waals surface area contributed by atoms with E-state index in [9.17, 15) is 31.3 Å². The van der Waals surface area contributed by atoms with E-state index in [-0.39, 0.29) is 21.4 Å². The maximum Gasteiger partial charge on any atom is 0.268 e. The Balaban J connectivity index is 2.39. The first-order chi connectivity index (χ1) is 15.7. The van der Waals surface area contributed by atoms with Crippen LogP contribution >= 0.6 is 0 Å². The van der Waals surface area contributed by atoms with E-state index < -0.39 is 43.0 Å². The summed E-state index contributed by atoms with van der Waals surface area (Å²) in [4.78, 5) is 14.5. The molecule has 1 aromatic heterocycles. The zero-order chi connectivity index (χ0) is 25.4. The molecule has 178 valence electrons. The van der Waals surface area contributed by atoms with Gasteiger partial charge in [-0.05, 0) is 31.2 Å². The number of benzene rings is 2. The molecule has 34 heavy (non-hydrogen) atoms. The Morgan fingerprint density at radius 1 is 1.12 bits per heavy atom. The van der Waals surface area contributed by atoms with Gasteiger partial charge in [-0.3, -0.25) is 9.52 Å². The van der Waals surface area contributed by atoms with Gasteiger partial charge in [-0.1, -0.05) is 17.7 Å². The second-order valence-corrected chi connectivity index (χ2v) is 11.4. The quantitative estimate of drug-likeness (QED) is 0.298. The number of Topliss-reactive ketones (excluding diaryl/α,β-unsaturated/α-hetero) is 1. The van der Waals surface area contributed by atoms with Crippen LogP contribution in [0.4, 0.5) is 10.1 Å². The number of rotatable bonds is 7. The second kappa shape index (κ2) is 8.92. The standard InChI is InChI=1S/C22H21FN4O5S2/c1-14-5-7-17(8-6-14)34(31,32)27-20-11-18(23)19(25-33(4,29)30)9-15(20)10-21(27)22(28)16(12-24)13-26(2)3/h5-11,13,25H,1-4H3/b16-13+. The number of anilines is 1. The molecule has 9 nitrogen and oxygen atoms in total. The summed E-state index contributed by atoms with van der Waals surface area (Å²) in [6.45, 7) is 1.77. The fourth-order valence-electron chi connectivity index (χ4n) is 3.25. The van der Waals surface area contributed by atoms with Gasteiger partial charge in [0.15, 0.2) is 0 Å². The van der Waals surface area contributed by atoms with Crippen molar-refractivity contribution in [2.75, 3.05) is 25.1 Å². The van der Waals surface area contributed by atoms with E-state index in [1.54, 1.807) is 39.2 Å². The van der Waals surface area contributed by atoms with Crippen LogP contribution in [0.2, 0.25) is 0 Å². The summed E-state index contributed by atoms with van der Waals surface area (Å²) in [6.07, 6.45) is 2.07. The maximum absolute atomic E-state index is 14.8. The summed E-state index contributed by atoms with van der Waals surface area (Å²) in [5.74, 6) is -1.94. The number of aromatic nitrogens is 1. The molecular formula is C22H21FN4O5S2. The average molecular weight is 505 g/mol. The molecule has 2 aromatic carbocycles. The molecule has 0 amide bonds. The second-order valence-electron chi connectivity index (χ2n) is 7.82. The highest BCUT2D eigenvalue weighted by Crippen LogP contribution is 2.31. The Morgan fingerprint density at radius 2 is 1.74 bits per heavy atom. The summed E-state index contributed by atoms with van der Waals surface area (Å²) in [7, 11) is -5.07. The van der Waals surface area contributed by atoms with E-state index in [0.717, 1.165) is 24.0 Å². The summed E-state index contributed by atoms with van der Waals surface area (Å²) in [5.41, 5.74) is -0.550. The van der Waals surface area contributed by atoms with Crippen LogP contribution in [0.25, 0.3) is 10.9 Å². The number of carbonyl (C=O) groups is 1. The lowest BCUT2D eigenvalue weighted by Crippen LogP contribution is -2.20. The SMILES string of the molecule is Cc1ccc(S(=O)(=O)n2c(C(=O)/C(C#N)=C/N(C)C)cc3cc(NS(C)(=O)=O)c(F)cc32)cc1. The lowest BCUT2D eigenvalue weighted by atomic mass is 10.1. The minimum Gasteiger partial charge on any atom is -0.382 e. The molecule has 3 aromatic rings. The van der Waals surface area contributed by atoms with Gasteiger partial charge in [-0.15, -0.1) is 0 Å². The molecular weight excluding hydrogens is 483 g/mol. The highest BCUT2D eigenvalue weighted by atomic mass is 32.2. The molecule has 1 N–H and O–H groups in total. The van der Waals surface area contributed by atoms with Crippen LogP contribution in [-0.2, 0) is 20.0 Å². The van der Waals surface area contributed by atoms with E-state index in [1.807, 2.05) is 4.72 Å². The average Bonchev–Trinajstić information content (AvgIpc) is 3.09. The van der Waals surface area contributed by atoms with E-state index in [1.165, 1.54) is 29.3 Å². The van der Waals surface area contributed by atoms with Gasteiger partial charge in [0, 0.05) is 31.7 Å². The molecule has 0 spiro atoms. The summed E-state index contributed by atoms with van der Waals surface area (Å²) in [5, 5.41) is 9.55. The molecule has 0 aliphatic carbocycles. The molecule has 12 heteroatoms. The van der Waals surface area contributed by atoms with Crippen molar-refractivity contribution in [3.8, 4) is 6.07 Å². The zero-order valence-corrected chi connectivity index (χ0v) is 20.3. The number of sulfonamides is 1. The fraction of sp³-hybridized carbons (Fsp3) is 0.182. The molecule has 0 unspecified atom stereocenters. The van der Waals surface area contributed by atoms with Crippen molar-refractivity contribution in [2.24, 2.45) is 0 Å². The third-order valence-electron chi connectivity index (χ3n) is 4.69. The predicted octanol–water partition coefficient (Wildman–Crippen LogP) is 2.85. The fourth-order valence-corrected chi connectivity index (χ4v) is 5.31. The lowest BCUT2D eigenvalue weighted by Gasteiger charge is -2.13. The number of hydrogen-bond donors (Lipinski definition) is 1. The number of halogens is 1. The van der Waals surface area contributed by atoms with Crippen molar-refractivity contribution in [1.29, 1.82) is 5.26 Å². The number of fused-ring (bicyclic) bond motifs is 1. The molecule has 0 fully saturated rings. The number of aryl methyl sites for hydroxylation is 1. The molecule has 1 heterocycles. The van der Waals surface area contributed by atoms with Crippen LogP contribution in [-0.4, -0.2) is 51.8 Å². The van der Waals surface area contributed by atoms with E-state index in [2.05, 4.69) is 0 Å². The number of ketones is 1. The molecule has 0 aliphatic rings. The first-order valence-corrected chi connectivity index (χ1v) is 13.1. The Labute approximate surface area is 196 Å². The van der Waals surface area contributed by atoms with Gasteiger partial charge in [-0.2, -0.15) is 5.26 Å². The van der Waals surface area contributed by atoms with Crippen LogP contribution in [0.1, 0.15) is 16.1 Å². The minimum absolute atomic E-state index is 0.0775. The van der Waals surface area contributed by atoms with Crippen LogP contribution in [0, 0.1) is 24.1 Å². The molecule has 3 rings (SSSR count). The molecule has 0 bridgehead atoms. The van der Waals surface area contributed by atoms with E-state index >= 15 is 0 Å². The summed E-state index contributed by atoms with van der Waals surface area (Å²) in [6, 6.07) is 10.7. The minimum atomic E-state index is -4.41. The molecule has 0 saturated carbocycles. The number of carbonyl (C=O) groups excluding carboxylic acids is 1. The number of hydrogen-bond acceptors (Lipinski definition) is 7. The van der Waals surface area contributed by atoms with Crippen LogP contribution in [0.3, 0.4) is 0 Å². The zero-order valence-electron chi connectivity index (χ0n) is 18.7. The van der Waals surface area contributed by atoms with Crippen molar-refractivity contribution >= 4 is 42.4 Å². The number of nitrogens with one attached hydrogen (secondary N) is 1. The van der Waals surface area contributed by atoms with Gasteiger partial charge in [0.2, 0.25) is 15.8 Å². The third-order valence-corrected chi connectivity index (χ3v) is 7.02. The van der Waals surface area contributed by atoms with Crippen molar-refractivity contribution in [3.63, 3.8) is 0 Å². The third kappa shape index (κ3) is 4.95. The smallest absolute Gasteiger partial charge is 0.268 e. The Kier molecular flexibility index (Phi) is 6.55. The number of allylic oxidation sites excluding steroid dienone is 1. The van der Waals surface area contributed by atoms with E-state index in [0.29, 0.717) is 3.97 Å². The summed E-state index contributed by atoms with van der Waals surface area (Å²) < 4.78 is 67.8. The summed E-state index contributed by atoms with van der Waals surface area (Å²) >= 11 is 0. The monoisotopic (exact) mass is 504 g/mol. The molecule has 0 radical (unpaired) electrons. The maximum atomic E-state index is 14.8. The topological polar surface area (TPSA) is 129 Å². The van der Waals surface area contributed by atoms with Crippen LogP contribution in [0.15, 0.2) is 59.1 Å². The highest BCUT2D eigenvalue weighted by Gasteiger charge is 2.29. The molecule has 0 saturated heterocycles. The first kappa shape index (κ1) is 24.9. The van der Waals surface area contributed by atoms with Crippen LogP contribution < -0.4 is 4.72 Å². The van der Waals surface area contributed by atoms with E-state index in [4.69, 9.17) is 0 Å². The van der Waals surface area contributed by atoms with Crippen LogP contribution in [0.5, 0.6) is 0 Å². The largest absolute Gasteiger partial charge is 0.382 e. The van der Waals surface area contributed by atoms with Gasteiger partial charge >= 0.3 is 0 Å². The Morgan fingerprint density at radius 3 is 2.26 bits per heavy atom. The molecule has 0 aliphatic heterocycles. The van der Waals surface area contributed by atoms with Gasteiger partial charge in [0.05, 0.1) is 22.4 Å². The lowest BCUT2D eigenvalue weighted by molar-refractivity contribution is 0.103. The van der Waals surface area contributed by atoms with Crippen molar-refractivity contribution < 1.29 is 26.0 Å². The first-order valence-electron chi connectivity index (χ1n) is 9.72. The van der Waals surface area contributed by atoms with Crippen molar-refractivity contribution in [2.45, 2.75) is 11.8 Å². The van der Waals surface area contributed by atoms with Gasteiger partial charge in [0.1, 0.15) is 23.2 Å². The van der Waals surface area contributed by atoms with Crippen molar-refractivity contribution in [1.82, 2.24) is 8.87 Å². The Bertz CT molecular complexity index is 1580. The normalized spacial score (nSPS) is 12.4. The van der Waals surface area contributed by atoms with Gasteiger partial charge in [0.25, 0.3) is 10.0 Å². The number of nitriles is 1. The number of nitrogens with zero attached hydrogens (tertiary/aromatic N) is 3.